The molecule has 0 aliphatic carbocycles. The molecule has 0 unspecified atom stereocenters. The summed E-state index contributed by atoms with van der Waals surface area (Å²) in [6, 6.07) is 0. The largest absolute Gasteiger partial charge is 1.00 e. The Kier molecular flexibility index (Phi) is 17.5. The van der Waals surface area contributed by atoms with E-state index < -0.39 is 15.2 Å². The monoisotopic (exact) mass is 220 g/mol. The maximum Gasteiger partial charge on any atom is 1.00 e. The van der Waals surface area contributed by atoms with Gasteiger partial charge in [-0.3, -0.25) is 5.04 Å². The van der Waals surface area contributed by atoms with Crippen molar-refractivity contribution in [2.24, 2.45) is 0 Å². The second-order valence-electron chi connectivity index (χ2n) is 0.929. The van der Waals surface area contributed by atoms with Crippen LogP contribution in [0.25, 0.3) is 0 Å². The number of hydrogen-bond donors (Lipinski definition) is 0. The molecule has 0 aromatic heterocycles. The Bertz CT molecular complexity index is 154. The summed E-state index contributed by atoms with van der Waals surface area (Å²) in [7, 11) is -4.33. The van der Waals surface area contributed by atoms with E-state index in [0.717, 1.165) is 0 Å². The van der Waals surface area contributed by atoms with E-state index in [9.17, 15) is 13.0 Å². The summed E-state index contributed by atoms with van der Waals surface area (Å²) >= 11 is 0.125. The third kappa shape index (κ3) is 18.8. The van der Waals surface area contributed by atoms with Gasteiger partial charge < -0.3 is 9.81 Å². The van der Waals surface area contributed by atoms with Crippen molar-refractivity contribution in [3.63, 3.8) is 0 Å². The first-order valence-corrected chi connectivity index (χ1v) is 4.07. The quantitative estimate of drug-likeness (QED) is 0.116. The Morgan fingerprint density at radius 2 is 1.82 bits per heavy atom. The molecule has 0 amide bonds. The van der Waals surface area contributed by atoms with Crippen LogP contribution >= 0.6 is 12.0 Å². The van der Waals surface area contributed by atoms with Crippen molar-refractivity contribution in [1.82, 2.24) is 0 Å². The normalized spacial score (nSPS) is 9.64. The molecule has 56 valence electrons. The Morgan fingerprint density at radius 3 is 2.09 bits per heavy atom. The first-order valence-electron chi connectivity index (χ1n) is 1.58. The minimum Gasteiger partial charge on any atom is -0.747 e. The predicted molar refractivity (Wildman–Crippen MR) is 24.3 cm³/mol. The minimum absolute atomic E-state index is 0. The van der Waals surface area contributed by atoms with Gasteiger partial charge in [0.2, 0.25) is 0 Å². The zero-order valence-electron chi connectivity index (χ0n) is 5.97. The molecule has 0 saturated heterocycles. The van der Waals surface area contributed by atoms with Crippen LogP contribution in [0.5, 0.6) is 0 Å². The van der Waals surface area contributed by atoms with Gasteiger partial charge in [-0.05, 0) is 0 Å². The van der Waals surface area contributed by atoms with Gasteiger partial charge in [0, 0.05) is 12.0 Å². The number of hydrogen-bond acceptors (Lipinski definition) is 7. The van der Waals surface area contributed by atoms with Crippen LogP contribution < -0.4 is 64.4 Å². The van der Waals surface area contributed by atoms with Gasteiger partial charge in [0.1, 0.15) is 15.2 Å². The van der Waals surface area contributed by atoms with E-state index in [1.54, 1.807) is 0 Å². The topological polar surface area (TPSA) is 98.7 Å². The van der Waals surface area contributed by atoms with E-state index in [4.69, 9.17) is 5.26 Å². The molecule has 0 saturated carbocycles. The second-order valence-corrected chi connectivity index (χ2v) is 3.36. The molecule has 0 N–H and O–H groups in total. The fraction of sp³-hybridized carbons (Fsp3) is 1.00. The summed E-state index contributed by atoms with van der Waals surface area (Å²) in [5.74, 6) is 0. The molecule has 0 aromatic rings. The molecule has 0 atom stereocenters. The van der Waals surface area contributed by atoms with Crippen LogP contribution in [0.1, 0.15) is 0 Å². The average molecular weight is 220 g/mol. The summed E-state index contributed by atoms with van der Waals surface area (Å²) < 4.78 is 32.6. The molecule has 0 spiro atoms. The van der Waals surface area contributed by atoms with Crippen LogP contribution in [0.3, 0.4) is 0 Å². The third-order valence-electron chi connectivity index (χ3n) is 0.268. The summed E-state index contributed by atoms with van der Waals surface area (Å²) in [6.45, 7) is 0. The van der Waals surface area contributed by atoms with Crippen LogP contribution in [-0.2, 0) is 19.5 Å². The Morgan fingerprint density at radius 1 is 1.36 bits per heavy atom. The summed E-state index contributed by atoms with van der Waals surface area (Å²) in [4.78, 5) is 0. The molecule has 6 nitrogen and oxygen atoms in total. The van der Waals surface area contributed by atoms with Gasteiger partial charge in [0.15, 0.2) is 0 Å². The summed E-state index contributed by atoms with van der Waals surface area (Å²) in [6.07, 6.45) is 0. The average Bonchev–Trinajstić information content (AvgIpc) is 1.63. The zero-order valence-corrected chi connectivity index (χ0v) is 11.6. The predicted octanol–water partition coefficient (Wildman–Crippen LogP) is -7.63. The van der Waals surface area contributed by atoms with Crippen molar-refractivity contribution in [3.8, 4) is 0 Å². The SMILES string of the molecule is O=S(=O)([O-])CSOO[O-].[Na+].[Na+]. The molecule has 0 bridgehead atoms. The van der Waals surface area contributed by atoms with Crippen molar-refractivity contribution >= 4 is 22.2 Å². The molecular formula is CH2Na2O6S2. The van der Waals surface area contributed by atoms with E-state index in [-0.39, 0.29) is 71.2 Å². The zero-order chi connectivity index (χ0) is 7.33. The third-order valence-corrected chi connectivity index (χ3v) is 1.96. The van der Waals surface area contributed by atoms with E-state index >= 15 is 0 Å². The number of rotatable bonds is 4. The first-order chi connectivity index (χ1) is 4.06. The van der Waals surface area contributed by atoms with Gasteiger partial charge in [0.25, 0.3) is 0 Å². The molecule has 0 rings (SSSR count). The Labute approximate surface area is 112 Å². The maximum absolute atomic E-state index is 9.69. The van der Waals surface area contributed by atoms with Crippen LogP contribution in [0.2, 0.25) is 0 Å². The van der Waals surface area contributed by atoms with Gasteiger partial charge in [-0.2, -0.15) is 4.33 Å². The summed E-state index contributed by atoms with van der Waals surface area (Å²) in [5.41, 5.74) is 0. The standard InChI is InChI=1S/CH4O6S2.2Na/c2-6-7-8-1-9(3,4)5;;/h2H,1H2,(H,3,4,5);;/q;2*+1/p-2. The Hall–Kier alpha value is 2.14. The fourth-order valence-electron chi connectivity index (χ4n) is 0.0982. The van der Waals surface area contributed by atoms with Gasteiger partial charge >= 0.3 is 59.1 Å². The van der Waals surface area contributed by atoms with E-state index in [1.807, 2.05) is 0 Å². The van der Waals surface area contributed by atoms with Crippen LogP contribution in [0.15, 0.2) is 0 Å². The Balaban J connectivity index is -0.000000320. The maximum atomic E-state index is 9.69. The molecule has 0 aliphatic rings. The van der Waals surface area contributed by atoms with Crippen molar-refractivity contribution < 1.29 is 86.7 Å². The van der Waals surface area contributed by atoms with Gasteiger partial charge in [-0.1, -0.05) is 0 Å². The first kappa shape index (κ1) is 18.8. The fourth-order valence-corrected chi connectivity index (χ4v) is 0.766. The van der Waals surface area contributed by atoms with Crippen molar-refractivity contribution in [2.45, 2.75) is 0 Å². The van der Waals surface area contributed by atoms with E-state index in [2.05, 4.69) is 9.37 Å². The van der Waals surface area contributed by atoms with E-state index in [0.29, 0.717) is 0 Å². The van der Waals surface area contributed by atoms with Gasteiger partial charge in [0.05, 0.1) is 0 Å². The van der Waals surface area contributed by atoms with Crippen molar-refractivity contribution in [1.29, 1.82) is 0 Å². The molecule has 0 fully saturated rings. The van der Waals surface area contributed by atoms with Gasteiger partial charge in [-0.15, -0.1) is 0 Å². The van der Waals surface area contributed by atoms with Crippen molar-refractivity contribution in [2.75, 3.05) is 5.08 Å². The molecule has 0 radical (unpaired) electrons. The van der Waals surface area contributed by atoms with E-state index in [1.165, 1.54) is 0 Å². The van der Waals surface area contributed by atoms with Crippen LogP contribution in [0, 0.1) is 0 Å². The van der Waals surface area contributed by atoms with Crippen LogP contribution in [-0.4, -0.2) is 18.1 Å². The van der Waals surface area contributed by atoms with Crippen LogP contribution in [0.4, 0.5) is 0 Å². The molecule has 11 heavy (non-hydrogen) atoms. The molecule has 0 aliphatic heterocycles. The van der Waals surface area contributed by atoms with Gasteiger partial charge in [-0.25, -0.2) is 8.42 Å². The smallest absolute Gasteiger partial charge is 0.747 e. The molecule has 0 heterocycles. The summed E-state index contributed by atoms with van der Waals surface area (Å²) in [5, 5.41) is 10.9. The molecular weight excluding hydrogens is 218 g/mol. The molecule has 10 heteroatoms. The minimum atomic E-state index is -4.33. The van der Waals surface area contributed by atoms with Crippen molar-refractivity contribution in [3.05, 3.63) is 0 Å². The second kappa shape index (κ2) is 10.2. The molecule has 0 aromatic carbocycles.